The van der Waals surface area contributed by atoms with Crippen molar-refractivity contribution in [3.63, 3.8) is 0 Å². The Morgan fingerprint density at radius 3 is 2.93 bits per heavy atom. The number of methoxy groups -OCH3 is 1. The second-order valence-corrected chi connectivity index (χ2v) is 3.97. The molecule has 0 bridgehead atoms. The number of nitrogens with zero attached hydrogens (tertiary/aromatic N) is 1. The first-order valence-electron chi connectivity index (χ1n) is 5.31. The van der Waals surface area contributed by atoms with E-state index in [1.54, 1.807) is 7.11 Å². The van der Waals surface area contributed by atoms with Gasteiger partial charge in [0.25, 0.3) is 0 Å². The molecule has 0 unspecified atom stereocenters. The molecule has 80 valence electrons. The minimum absolute atomic E-state index is 0.365. The van der Waals surface area contributed by atoms with Gasteiger partial charge in [0.05, 0.1) is 7.11 Å². The van der Waals surface area contributed by atoms with Gasteiger partial charge in [-0.15, -0.1) is 0 Å². The standard InChI is InChI=1S/C12H15NO2/c1-15-12-6-5-10(8-13-12)9-3-2-4-11(14)7-9/h5-6,8-9H,2-4,7H2,1H3/t9-/m1/s1. The molecule has 1 aliphatic rings. The Morgan fingerprint density at radius 2 is 2.33 bits per heavy atom. The summed E-state index contributed by atoms with van der Waals surface area (Å²) in [5.74, 6) is 1.37. The lowest BCUT2D eigenvalue weighted by Gasteiger charge is -2.20. The van der Waals surface area contributed by atoms with Crippen molar-refractivity contribution in [3.05, 3.63) is 23.9 Å². The summed E-state index contributed by atoms with van der Waals surface area (Å²) in [5.41, 5.74) is 1.16. The number of rotatable bonds is 2. The van der Waals surface area contributed by atoms with Gasteiger partial charge in [0, 0.05) is 25.1 Å². The minimum atomic E-state index is 0.365. The maximum Gasteiger partial charge on any atom is 0.212 e. The third kappa shape index (κ3) is 2.35. The highest BCUT2D eigenvalue weighted by Crippen LogP contribution is 2.30. The zero-order valence-electron chi connectivity index (χ0n) is 8.90. The molecular weight excluding hydrogens is 190 g/mol. The molecule has 2 rings (SSSR count). The zero-order valence-corrected chi connectivity index (χ0v) is 8.90. The van der Waals surface area contributed by atoms with E-state index >= 15 is 0 Å². The topological polar surface area (TPSA) is 39.2 Å². The average Bonchev–Trinajstić information content (AvgIpc) is 2.29. The van der Waals surface area contributed by atoms with Gasteiger partial charge in [-0.3, -0.25) is 4.79 Å². The lowest BCUT2D eigenvalue weighted by Crippen LogP contribution is -2.13. The lowest BCUT2D eigenvalue weighted by atomic mass is 9.84. The number of hydrogen-bond donors (Lipinski definition) is 0. The SMILES string of the molecule is COc1ccc([C@@H]2CCCC(=O)C2)cn1. The van der Waals surface area contributed by atoms with Crippen molar-refractivity contribution >= 4 is 5.78 Å². The second-order valence-electron chi connectivity index (χ2n) is 3.97. The molecule has 1 saturated carbocycles. The summed E-state index contributed by atoms with van der Waals surface area (Å²) >= 11 is 0. The first-order valence-corrected chi connectivity index (χ1v) is 5.31. The van der Waals surface area contributed by atoms with Crippen LogP contribution in [-0.2, 0) is 4.79 Å². The Kier molecular flexibility index (Phi) is 2.99. The summed E-state index contributed by atoms with van der Waals surface area (Å²) in [5, 5.41) is 0. The Balaban J connectivity index is 2.11. The second kappa shape index (κ2) is 4.43. The molecule has 1 aromatic rings. The molecule has 0 radical (unpaired) electrons. The van der Waals surface area contributed by atoms with Crippen LogP contribution in [0.15, 0.2) is 18.3 Å². The minimum Gasteiger partial charge on any atom is -0.481 e. The largest absolute Gasteiger partial charge is 0.481 e. The van der Waals surface area contributed by atoms with E-state index in [-0.39, 0.29) is 0 Å². The van der Waals surface area contributed by atoms with Gasteiger partial charge >= 0.3 is 0 Å². The molecule has 0 N–H and O–H groups in total. The number of Topliss-reactive ketones (excluding diaryl/α,β-unsaturated/α-hetero) is 1. The first kappa shape index (κ1) is 10.1. The van der Waals surface area contributed by atoms with Crippen molar-refractivity contribution in [2.75, 3.05) is 7.11 Å². The predicted octanol–water partition coefficient (Wildman–Crippen LogP) is 2.32. The summed E-state index contributed by atoms with van der Waals surface area (Å²) in [6.07, 6.45) is 5.35. The van der Waals surface area contributed by atoms with Gasteiger partial charge in [0.2, 0.25) is 5.88 Å². The monoisotopic (exact) mass is 205 g/mol. The van der Waals surface area contributed by atoms with Crippen LogP contribution in [0.4, 0.5) is 0 Å². The van der Waals surface area contributed by atoms with Gasteiger partial charge in [-0.25, -0.2) is 4.98 Å². The van der Waals surface area contributed by atoms with E-state index in [1.807, 2.05) is 18.3 Å². The highest BCUT2D eigenvalue weighted by molar-refractivity contribution is 5.80. The molecule has 3 heteroatoms. The summed E-state index contributed by atoms with van der Waals surface area (Å²) in [6, 6.07) is 3.86. The summed E-state index contributed by atoms with van der Waals surface area (Å²) in [7, 11) is 1.60. The van der Waals surface area contributed by atoms with Gasteiger partial charge in [-0.2, -0.15) is 0 Å². The smallest absolute Gasteiger partial charge is 0.212 e. The van der Waals surface area contributed by atoms with E-state index in [2.05, 4.69) is 4.98 Å². The Hall–Kier alpha value is -1.38. The van der Waals surface area contributed by atoms with Crippen LogP contribution in [0.1, 0.15) is 37.2 Å². The van der Waals surface area contributed by atoms with Crippen molar-refractivity contribution in [1.29, 1.82) is 0 Å². The molecule has 1 aromatic heterocycles. The summed E-state index contributed by atoms with van der Waals surface area (Å²) in [4.78, 5) is 15.5. The van der Waals surface area contributed by atoms with E-state index in [0.717, 1.165) is 24.8 Å². The molecule has 3 nitrogen and oxygen atoms in total. The Bertz CT molecular complexity index is 345. The van der Waals surface area contributed by atoms with E-state index in [9.17, 15) is 4.79 Å². The Labute approximate surface area is 89.5 Å². The summed E-state index contributed by atoms with van der Waals surface area (Å²) in [6.45, 7) is 0. The fourth-order valence-corrected chi connectivity index (χ4v) is 2.06. The lowest BCUT2D eigenvalue weighted by molar-refractivity contribution is -0.120. The molecule has 1 atom stereocenters. The number of aromatic nitrogens is 1. The molecule has 1 heterocycles. The number of pyridine rings is 1. The van der Waals surface area contributed by atoms with Gasteiger partial charge in [-0.1, -0.05) is 6.07 Å². The van der Waals surface area contributed by atoms with Crippen molar-refractivity contribution in [2.24, 2.45) is 0 Å². The van der Waals surface area contributed by atoms with Crippen LogP contribution in [-0.4, -0.2) is 17.9 Å². The maximum atomic E-state index is 11.3. The van der Waals surface area contributed by atoms with Crippen LogP contribution in [0.3, 0.4) is 0 Å². The molecule has 1 fully saturated rings. The fourth-order valence-electron chi connectivity index (χ4n) is 2.06. The number of ketones is 1. The average molecular weight is 205 g/mol. The van der Waals surface area contributed by atoms with Crippen LogP contribution < -0.4 is 4.74 Å². The van der Waals surface area contributed by atoms with E-state index in [0.29, 0.717) is 24.0 Å². The van der Waals surface area contributed by atoms with E-state index in [4.69, 9.17) is 4.74 Å². The highest BCUT2D eigenvalue weighted by atomic mass is 16.5. The fraction of sp³-hybridized carbons (Fsp3) is 0.500. The quantitative estimate of drug-likeness (QED) is 0.743. The van der Waals surface area contributed by atoms with Crippen LogP contribution in [0, 0.1) is 0 Å². The number of carbonyl (C=O) groups excluding carboxylic acids is 1. The van der Waals surface area contributed by atoms with E-state index < -0.39 is 0 Å². The van der Waals surface area contributed by atoms with Crippen LogP contribution in [0.5, 0.6) is 5.88 Å². The van der Waals surface area contributed by atoms with Crippen LogP contribution in [0.2, 0.25) is 0 Å². The molecular formula is C12H15NO2. The van der Waals surface area contributed by atoms with Gasteiger partial charge in [0.1, 0.15) is 5.78 Å². The third-order valence-corrected chi connectivity index (χ3v) is 2.92. The first-order chi connectivity index (χ1) is 7.29. The maximum absolute atomic E-state index is 11.3. The van der Waals surface area contributed by atoms with E-state index in [1.165, 1.54) is 0 Å². The van der Waals surface area contributed by atoms with Crippen molar-refractivity contribution in [3.8, 4) is 5.88 Å². The zero-order chi connectivity index (χ0) is 10.7. The summed E-state index contributed by atoms with van der Waals surface area (Å²) < 4.78 is 5.00. The van der Waals surface area contributed by atoms with Gasteiger partial charge in [0.15, 0.2) is 0 Å². The van der Waals surface area contributed by atoms with Gasteiger partial charge in [-0.05, 0) is 24.3 Å². The number of carbonyl (C=O) groups is 1. The van der Waals surface area contributed by atoms with Crippen molar-refractivity contribution in [2.45, 2.75) is 31.6 Å². The molecule has 0 spiro atoms. The molecule has 0 aromatic carbocycles. The number of hydrogen-bond acceptors (Lipinski definition) is 3. The Morgan fingerprint density at radius 1 is 1.47 bits per heavy atom. The number of ether oxygens (including phenoxy) is 1. The molecule has 0 amide bonds. The van der Waals surface area contributed by atoms with Crippen molar-refractivity contribution < 1.29 is 9.53 Å². The third-order valence-electron chi connectivity index (χ3n) is 2.92. The van der Waals surface area contributed by atoms with Gasteiger partial charge < -0.3 is 4.74 Å². The molecule has 15 heavy (non-hydrogen) atoms. The van der Waals surface area contributed by atoms with Crippen molar-refractivity contribution in [1.82, 2.24) is 4.98 Å². The highest BCUT2D eigenvalue weighted by Gasteiger charge is 2.20. The van der Waals surface area contributed by atoms with Crippen LogP contribution >= 0.6 is 0 Å². The normalized spacial score (nSPS) is 21.4. The van der Waals surface area contributed by atoms with Crippen LogP contribution in [0.25, 0.3) is 0 Å². The molecule has 1 aliphatic carbocycles. The molecule has 0 saturated heterocycles. The predicted molar refractivity (Wildman–Crippen MR) is 57.0 cm³/mol. The molecule has 0 aliphatic heterocycles.